The number of benzene rings is 1. The van der Waals surface area contributed by atoms with Gasteiger partial charge in [0.25, 0.3) is 0 Å². The van der Waals surface area contributed by atoms with Crippen molar-refractivity contribution >= 4 is 33.0 Å². The van der Waals surface area contributed by atoms with Crippen LogP contribution in [0.4, 0.5) is 4.39 Å². The maximum atomic E-state index is 15.6. The van der Waals surface area contributed by atoms with Crippen molar-refractivity contribution in [1.82, 2.24) is 0 Å². The van der Waals surface area contributed by atoms with E-state index in [1.807, 2.05) is 20.8 Å². The minimum Gasteiger partial charge on any atom is -0.492 e. The Kier molecular flexibility index (Phi) is 8.92. The number of rotatable bonds is 8. The molecule has 0 heterocycles. The number of hydrogen-bond acceptors (Lipinski definition) is 2. The van der Waals surface area contributed by atoms with Crippen LogP contribution < -0.4 is 4.74 Å². The molecule has 1 aliphatic rings. The molecule has 0 radical (unpaired) electrons. The van der Waals surface area contributed by atoms with Gasteiger partial charge < -0.3 is 9.84 Å². The fourth-order valence-corrected chi connectivity index (χ4v) is 5.46. The molecule has 5 heteroatoms. The third-order valence-corrected chi connectivity index (χ3v) is 6.68. The number of fused-ring (bicyclic) bond motifs is 1. The first-order chi connectivity index (χ1) is 15.3. The SMILES string of the molecule is CCOc1c(\C(=C(F)/C=C/C(C)=C/C(=O)O)C(C)C)cc2c(c1Br)C(C)(C)CC=C2C(C)C. The normalized spacial score (nSPS) is 16.7. The highest BCUT2D eigenvalue weighted by Gasteiger charge is 2.34. The molecule has 0 fully saturated rings. The Morgan fingerprint density at radius 3 is 2.42 bits per heavy atom. The lowest BCUT2D eigenvalue weighted by Crippen LogP contribution is -2.24. The van der Waals surface area contributed by atoms with Gasteiger partial charge in [0, 0.05) is 17.2 Å². The lowest BCUT2D eigenvalue weighted by atomic mass is 9.70. The second-order valence-electron chi connectivity index (χ2n) is 9.80. The number of hydrogen-bond donors (Lipinski definition) is 1. The third kappa shape index (κ3) is 6.06. The van der Waals surface area contributed by atoms with E-state index in [0.29, 0.717) is 29.4 Å². The Bertz CT molecular complexity index is 1040. The maximum absolute atomic E-state index is 15.6. The number of halogens is 2. The molecule has 0 amide bonds. The molecule has 0 bridgehead atoms. The summed E-state index contributed by atoms with van der Waals surface area (Å²) in [4.78, 5) is 10.9. The predicted octanol–water partition coefficient (Wildman–Crippen LogP) is 8.49. The lowest BCUT2D eigenvalue weighted by Gasteiger charge is -2.36. The summed E-state index contributed by atoms with van der Waals surface area (Å²) in [7, 11) is 0. The monoisotopic (exact) mass is 518 g/mol. The summed E-state index contributed by atoms with van der Waals surface area (Å²) >= 11 is 3.84. The molecule has 3 nitrogen and oxygen atoms in total. The first-order valence-corrected chi connectivity index (χ1v) is 12.3. The summed E-state index contributed by atoms with van der Waals surface area (Å²) < 4.78 is 22.6. The van der Waals surface area contributed by atoms with Crippen molar-refractivity contribution in [2.24, 2.45) is 11.8 Å². The second-order valence-corrected chi connectivity index (χ2v) is 10.6. The molecular weight excluding hydrogens is 483 g/mol. The van der Waals surface area contributed by atoms with Gasteiger partial charge in [-0.3, -0.25) is 0 Å². The summed E-state index contributed by atoms with van der Waals surface area (Å²) in [6.07, 6.45) is 7.12. The molecule has 0 saturated heterocycles. The number of allylic oxidation sites excluding steroid dienone is 7. The average Bonchev–Trinajstić information content (AvgIpc) is 2.67. The number of carbonyl (C=O) groups is 1. The molecule has 1 N–H and O–H groups in total. The molecule has 2 rings (SSSR count). The first-order valence-electron chi connectivity index (χ1n) is 11.5. The van der Waals surface area contributed by atoms with Crippen LogP contribution in [0.1, 0.15) is 78.5 Å². The van der Waals surface area contributed by atoms with E-state index >= 15 is 4.39 Å². The largest absolute Gasteiger partial charge is 0.492 e. The van der Waals surface area contributed by atoms with E-state index in [-0.39, 0.29) is 11.3 Å². The van der Waals surface area contributed by atoms with Crippen LogP contribution >= 0.6 is 15.9 Å². The summed E-state index contributed by atoms with van der Waals surface area (Å²) in [5.41, 5.74) is 5.22. The predicted molar refractivity (Wildman–Crippen MR) is 139 cm³/mol. The van der Waals surface area contributed by atoms with Crippen LogP contribution in [-0.4, -0.2) is 17.7 Å². The van der Waals surface area contributed by atoms with E-state index in [2.05, 4.69) is 55.8 Å². The van der Waals surface area contributed by atoms with Crippen LogP contribution in [0.15, 0.2) is 46.2 Å². The van der Waals surface area contributed by atoms with Crippen LogP contribution in [-0.2, 0) is 10.2 Å². The zero-order chi connectivity index (χ0) is 25.1. The van der Waals surface area contributed by atoms with Gasteiger partial charge in [-0.1, -0.05) is 53.7 Å². The van der Waals surface area contributed by atoms with Crippen molar-refractivity contribution in [3.63, 3.8) is 0 Å². The highest BCUT2D eigenvalue weighted by molar-refractivity contribution is 9.10. The van der Waals surface area contributed by atoms with Crippen LogP contribution in [0.5, 0.6) is 5.75 Å². The van der Waals surface area contributed by atoms with Gasteiger partial charge in [0.15, 0.2) is 0 Å². The van der Waals surface area contributed by atoms with Crippen LogP contribution in [0.2, 0.25) is 0 Å². The van der Waals surface area contributed by atoms with E-state index in [0.717, 1.165) is 28.1 Å². The molecule has 0 saturated carbocycles. The van der Waals surface area contributed by atoms with Gasteiger partial charge in [-0.25, -0.2) is 9.18 Å². The van der Waals surface area contributed by atoms with Crippen LogP contribution in [0, 0.1) is 11.8 Å². The van der Waals surface area contributed by atoms with E-state index in [1.54, 1.807) is 6.92 Å². The molecule has 1 aromatic carbocycles. The van der Waals surface area contributed by atoms with Crippen molar-refractivity contribution in [2.45, 2.75) is 67.2 Å². The molecule has 1 aromatic rings. The highest BCUT2D eigenvalue weighted by Crippen LogP contribution is 2.51. The van der Waals surface area contributed by atoms with Crippen molar-refractivity contribution < 1.29 is 19.0 Å². The molecule has 0 atom stereocenters. The lowest BCUT2D eigenvalue weighted by molar-refractivity contribution is -0.131. The molecule has 0 unspecified atom stereocenters. The fraction of sp³-hybridized carbons (Fsp3) is 0.464. The van der Waals surface area contributed by atoms with E-state index in [9.17, 15) is 4.79 Å². The topological polar surface area (TPSA) is 46.5 Å². The fourth-order valence-electron chi connectivity index (χ4n) is 4.38. The van der Waals surface area contributed by atoms with Crippen LogP contribution in [0.25, 0.3) is 11.1 Å². The Morgan fingerprint density at radius 1 is 1.27 bits per heavy atom. The van der Waals surface area contributed by atoms with Crippen molar-refractivity contribution in [3.05, 3.63) is 62.9 Å². The first kappa shape index (κ1) is 27.1. The Labute approximate surface area is 206 Å². The van der Waals surface area contributed by atoms with Gasteiger partial charge in [-0.15, -0.1) is 0 Å². The number of carboxylic acids is 1. The van der Waals surface area contributed by atoms with Gasteiger partial charge in [0.05, 0.1) is 11.1 Å². The maximum Gasteiger partial charge on any atom is 0.328 e. The molecule has 0 aliphatic heterocycles. The molecule has 0 aromatic heterocycles. The van der Waals surface area contributed by atoms with E-state index in [4.69, 9.17) is 9.84 Å². The zero-order valence-corrected chi connectivity index (χ0v) is 22.6. The van der Waals surface area contributed by atoms with Crippen molar-refractivity contribution in [3.8, 4) is 5.75 Å². The highest BCUT2D eigenvalue weighted by atomic mass is 79.9. The van der Waals surface area contributed by atoms with Gasteiger partial charge in [0.2, 0.25) is 0 Å². The second kappa shape index (κ2) is 10.9. The Balaban J connectivity index is 2.87. The summed E-state index contributed by atoms with van der Waals surface area (Å²) in [5.74, 6) is -0.595. The van der Waals surface area contributed by atoms with Gasteiger partial charge >= 0.3 is 5.97 Å². The minimum absolute atomic E-state index is 0.0875. The molecule has 0 spiro atoms. The van der Waals surface area contributed by atoms with Gasteiger partial charge in [-0.2, -0.15) is 0 Å². The molecule has 180 valence electrons. The Hall–Kier alpha value is -2.14. The minimum atomic E-state index is -1.06. The molecular formula is C28H36BrFO3. The van der Waals surface area contributed by atoms with Gasteiger partial charge in [0.1, 0.15) is 11.6 Å². The number of carboxylic acid groups (broad SMARTS) is 1. The standard InChI is InChI=1S/C28H36BrFO3/c1-9-33-27-21(24(17(4)5)22(30)11-10-18(6)14-23(31)32)15-20-19(16(2)3)12-13-28(7,8)25(20)26(27)29/h10-12,14-17H,9,13H2,1-8H3,(H,31,32)/b11-10+,18-14+,24-22+. The van der Waals surface area contributed by atoms with E-state index < -0.39 is 11.8 Å². The molecule has 1 aliphatic carbocycles. The Morgan fingerprint density at radius 2 is 1.91 bits per heavy atom. The van der Waals surface area contributed by atoms with Crippen LogP contribution in [0.3, 0.4) is 0 Å². The number of ether oxygens (including phenoxy) is 1. The summed E-state index contributed by atoms with van der Waals surface area (Å²) in [6.45, 7) is 16.7. The van der Waals surface area contributed by atoms with E-state index in [1.165, 1.54) is 23.3 Å². The van der Waals surface area contributed by atoms with Gasteiger partial charge in [-0.05, 0) is 87.9 Å². The third-order valence-electron chi connectivity index (χ3n) is 5.92. The van der Waals surface area contributed by atoms with Crippen molar-refractivity contribution in [2.75, 3.05) is 6.61 Å². The average molecular weight is 519 g/mol. The molecule has 33 heavy (non-hydrogen) atoms. The summed E-state index contributed by atoms with van der Waals surface area (Å²) in [5, 5.41) is 8.93. The van der Waals surface area contributed by atoms with Crippen molar-refractivity contribution in [1.29, 1.82) is 0 Å². The summed E-state index contributed by atoms with van der Waals surface area (Å²) in [6, 6.07) is 2.08. The quantitative estimate of drug-likeness (QED) is 0.277. The number of aliphatic carboxylic acids is 1. The smallest absolute Gasteiger partial charge is 0.328 e. The zero-order valence-electron chi connectivity index (χ0n) is 21.0.